The number of hydrogen-bond donors (Lipinski definition) is 5. The number of sulfonamides is 1. The quantitative estimate of drug-likeness (QED) is 0.426. The van der Waals surface area contributed by atoms with Gasteiger partial charge in [-0.1, -0.05) is 11.3 Å². The average Bonchev–Trinajstić information content (AvgIpc) is 2.92. The Balaban J connectivity index is 1.61. The number of fused-ring (bicyclic) bond motifs is 1. The number of aromatic nitrogens is 1. The first kappa shape index (κ1) is 19.0. The zero-order valence-electron chi connectivity index (χ0n) is 13.3. The Hall–Kier alpha value is -1.77. The van der Waals surface area contributed by atoms with Gasteiger partial charge in [0.2, 0.25) is 21.8 Å². The highest BCUT2D eigenvalue weighted by atomic mass is 32.2. The summed E-state index contributed by atoms with van der Waals surface area (Å²) in [6.07, 6.45) is -0.253. The Labute approximate surface area is 157 Å². The van der Waals surface area contributed by atoms with Gasteiger partial charge in [0.15, 0.2) is 5.13 Å². The van der Waals surface area contributed by atoms with Crippen LogP contribution < -0.4 is 26.8 Å². The Bertz CT molecular complexity index is 960. The van der Waals surface area contributed by atoms with Crippen LogP contribution in [0.2, 0.25) is 0 Å². The molecule has 140 valence electrons. The Kier molecular flexibility index (Phi) is 5.45. The molecule has 1 aliphatic heterocycles. The number of carbonyl (C=O) groups excluding carboxylic acids is 2. The van der Waals surface area contributed by atoms with Crippen LogP contribution in [0.5, 0.6) is 0 Å². The van der Waals surface area contributed by atoms with Crippen molar-refractivity contribution in [1.82, 2.24) is 15.6 Å². The molecule has 0 bridgehead atoms. The van der Waals surface area contributed by atoms with Gasteiger partial charge in [0.05, 0.1) is 33.5 Å². The summed E-state index contributed by atoms with van der Waals surface area (Å²) in [5, 5.41) is 13.7. The highest BCUT2D eigenvalue weighted by molar-refractivity contribution is 8.00. The van der Waals surface area contributed by atoms with Crippen molar-refractivity contribution in [3.8, 4) is 0 Å². The van der Waals surface area contributed by atoms with E-state index in [1.165, 1.54) is 30.0 Å². The van der Waals surface area contributed by atoms with Crippen LogP contribution in [0, 0.1) is 0 Å². The van der Waals surface area contributed by atoms with Crippen LogP contribution >= 0.6 is 23.1 Å². The summed E-state index contributed by atoms with van der Waals surface area (Å²) in [5.41, 5.74) is 5.80. The lowest BCUT2D eigenvalue weighted by atomic mass is 10.3. The number of nitrogens with zero attached hydrogens (tertiary/aromatic N) is 1. The number of anilines is 1. The van der Waals surface area contributed by atoms with Gasteiger partial charge >= 0.3 is 0 Å². The lowest BCUT2D eigenvalue weighted by molar-refractivity contribution is -0.123. The molecule has 1 aromatic carbocycles. The summed E-state index contributed by atoms with van der Waals surface area (Å²) in [7, 11) is -3.80. The largest absolute Gasteiger partial charge is 0.332 e. The van der Waals surface area contributed by atoms with Crippen LogP contribution in [0.4, 0.5) is 5.13 Å². The number of thioether (sulfide) groups is 1. The molecule has 13 heteroatoms. The summed E-state index contributed by atoms with van der Waals surface area (Å²) < 4.78 is 23.4. The van der Waals surface area contributed by atoms with Gasteiger partial charge in [-0.25, -0.2) is 18.5 Å². The minimum Gasteiger partial charge on any atom is -0.332 e. The van der Waals surface area contributed by atoms with Gasteiger partial charge in [-0.05, 0) is 18.2 Å². The number of hydrogen-bond acceptors (Lipinski definition) is 9. The Morgan fingerprint density at radius 1 is 1.46 bits per heavy atom. The van der Waals surface area contributed by atoms with E-state index in [0.29, 0.717) is 15.3 Å². The molecule has 1 aromatic heterocycles. The summed E-state index contributed by atoms with van der Waals surface area (Å²) in [4.78, 5) is 27.7. The first-order valence-electron chi connectivity index (χ1n) is 7.36. The monoisotopic (exact) mass is 416 g/mol. The molecule has 2 unspecified atom stereocenters. The van der Waals surface area contributed by atoms with Gasteiger partial charge in [-0.15, -0.1) is 11.8 Å². The van der Waals surface area contributed by atoms with Gasteiger partial charge in [0, 0.05) is 0 Å². The first-order valence-corrected chi connectivity index (χ1v) is 10.8. The third kappa shape index (κ3) is 4.69. The molecule has 2 atom stereocenters. The normalized spacial score (nSPS) is 20.8. The van der Waals surface area contributed by atoms with Crippen molar-refractivity contribution in [2.24, 2.45) is 10.9 Å². The Morgan fingerprint density at radius 2 is 2.23 bits per heavy atom. The zero-order valence-corrected chi connectivity index (χ0v) is 15.7. The molecule has 0 aliphatic carbocycles. The lowest BCUT2D eigenvalue weighted by Gasteiger charge is -2.28. The highest BCUT2D eigenvalue weighted by Gasteiger charge is 2.24. The molecule has 2 amide bonds. The van der Waals surface area contributed by atoms with E-state index in [1.54, 1.807) is 0 Å². The predicted molar refractivity (Wildman–Crippen MR) is 99.7 cm³/mol. The average molecular weight is 417 g/mol. The molecule has 2 heterocycles. The number of nitrogens with one attached hydrogen (secondary N) is 3. The van der Waals surface area contributed by atoms with Gasteiger partial charge in [-0.2, -0.15) is 0 Å². The predicted octanol–water partition coefficient (Wildman–Crippen LogP) is -0.707. The van der Waals surface area contributed by atoms with Crippen LogP contribution in [0.15, 0.2) is 23.1 Å². The molecular formula is C13H16N6O4S3. The van der Waals surface area contributed by atoms with Crippen molar-refractivity contribution in [1.29, 1.82) is 0 Å². The summed E-state index contributed by atoms with van der Waals surface area (Å²) in [6.45, 7) is 0. The van der Waals surface area contributed by atoms with E-state index in [4.69, 9.17) is 10.9 Å². The molecule has 2 aromatic rings. The summed E-state index contributed by atoms with van der Waals surface area (Å²) in [5.74, 6) is -0.412. The maximum atomic E-state index is 12.1. The minimum absolute atomic E-state index is 0.0162. The van der Waals surface area contributed by atoms with Crippen LogP contribution in [-0.2, 0) is 19.6 Å². The summed E-state index contributed by atoms with van der Waals surface area (Å²) in [6, 6.07) is 4.30. The van der Waals surface area contributed by atoms with Gasteiger partial charge < -0.3 is 16.4 Å². The molecule has 26 heavy (non-hydrogen) atoms. The van der Waals surface area contributed by atoms with Crippen molar-refractivity contribution in [2.45, 2.75) is 23.0 Å². The first-order chi connectivity index (χ1) is 12.2. The number of nitrogens with two attached hydrogens (primary N) is 2. The van der Waals surface area contributed by atoms with Gasteiger partial charge in [-0.3, -0.25) is 14.9 Å². The molecule has 10 nitrogen and oxygen atoms in total. The molecule has 3 rings (SSSR count). The highest BCUT2D eigenvalue weighted by Crippen LogP contribution is 2.28. The molecule has 0 spiro atoms. The van der Waals surface area contributed by atoms with E-state index in [-0.39, 0.29) is 28.9 Å². The number of primary sulfonamides is 1. The lowest BCUT2D eigenvalue weighted by Crippen LogP contribution is -2.58. The molecule has 1 saturated heterocycles. The van der Waals surface area contributed by atoms with Crippen LogP contribution in [0.1, 0.15) is 6.42 Å². The van der Waals surface area contributed by atoms with E-state index >= 15 is 0 Å². The second-order valence-corrected chi connectivity index (χ2v) is 9.16. The third-order valence-corrected chi connectivity index (χ3v) is 6.24. The van der Waals surface area contributed by atoms with E-state index < -0.39 is 21.7 Å². The van der Waals surface area contributed by atoms with E-state index in [1.807, 2.05) is 0 Å². The molecule has 7 N–H and O–H groups in total. The fraction of sp³-hybridized carbons (Fsp3) is 0.308. The zero-order chi connectivity index (χ0) is 18.9. The molecule has 0 saturated carbocycles. The second-order valence-electron chi connectivity index (χ2n) is 5.48. The molecule has 0 radical (unpaired) electrons. The molecular weight excluding hydrogens is 400 g/mol. The minimum atomic E-state index is -3.80. The van der Waals surface area contributed by atoms with Crippen molar-refractivity contribution in [3.63, 3.8) is 0 Å². The number of amides is 2. The molecule has 1 fully saturated rings. The van der Waals surface area contributed by atoms with Crippen LogP contribution in [-0.4, -0.2) is 42.6 Å². The van der Waals surface area contributed by atoms with E-state index in [0.717, 1.165) is 11.3 Å². The van der Waals surface area contributed by atoms with E-state index in [2.05, 4.69) is 20.9 Å². The number of benzene rings is 1. The third-order valence-electron chi connectivity index (χ3n) is 3.38. The van der Waals surface area contributed by atoms with Gasteiger partial charge in [0.1, 0.15) is 5.50 Å². The summed E-state index contributed by atoms with van der Waals surface area (Å²) >= 11 is 2.33. The van der Waals surface area contributed by atoms with Crippen LogP contribution in [0.3, 0.4) is 0 Å². The van der Waals surface area contributed by atoms with Crippen molar-refractivity contribution in [2.75, 3.05) is 11.1 Å². The topological polar surface area (TPSA) is 169 Å². The van der Waals surface area contributed by atoms with Gasteiger partial charge in [0.25, 0.3) is 0 Å². The fourth-order valence-corrected chi connectivity index (χ4v) is 4.65. The standard InChI is InChI=1S/C13H16N6O4S3/c14-9-4-10(20)18-12(17-9)24-5-11(21)19-13-16-7-2-1-6(26(15,22)23)3-8(7)25-13/h1-3,9,12,17H,4-5,14H2,(H,18,20)(H2,15,22,23)(H,16,19,21). The van der Waals surface area contributed by atoms with Crippen molar-refractivity contribution < 1.29 is 18.0 Å². The van der Waals surface area contributed by atoms with Crippen molar-refractivity contribution >= 4 is 60.3 Å². The smallest absolute Gasteiger partial charge is 0.238 e. The maximum Gasteiger partial charge on any atom is 0.238 e. The maximum absolute atomic E-state index is 12.1. The number of carbonyl (C=O) groups is 2. The second kappa shape index (κ2) is 7.46. The van der Waals surface area contributed by atoms with Crippen LogP contribution in [0.25, 0.3) is 10.2 Å². The molecule has 1 aliphatic rings. The van der Waals surface area contributed by atoms with Crippen molar-refractivity contribution in [3.05, 3.63) is 18.2 Å². The Morgan fingerprint density at radius 3 is 2.92 bits per heavy atom. The number of thiazole rings is 1. The fourth-order valence-electron chi connectivity index (χ4n) is 2.24. The SMILES string of the molecule is NC1CC(=O)NC(SCC(=O)Nc2nc3ccc(S(N)(=O)=O)cc3s2)N1. The number of rotatable bonds is 5. The van der Waals surface area contributed by atoms with E-state index in [9.17, 15) is 18.0 Å².